The summed E-state index contributed by atoms with van der Waals surface area (Å²) in [5.41, 5.74) is 0. The van der Waals surface area contributed by atoms with E-state index in [1.54, 1.807) is 0 Å². The van der Waals surface area contributed by atoms with E-state index in [0.29, 0.717) is 6.42 Å². The molecule has 0 radical (unpaired) electrons. The number of unbranched alkanes of at least 4 members (excludes halogenated alkanes) is 11. The van der Waals surface area contributed by atoms with Crippen LogP contribution in [0.3, 0.4) is 0 Å². The number of hydrogen-bond acceptors (Lipinski definition) is 6. The molecular formula is C21H38O6P-. The number of hydrogen-bond donors (Lipinski definition) is 0. The first-order valence-electron chi connectivity index (χ1n) is 11.0. The molecule has 1 saturated heterocycles. The Bertz CT molecular complexity index is 480. The van der Waals surface area contributed by atoms with Crippen molar-refractivity contribution in [2.24, 2.45) is 0 Å². The van der Waals surface area contributed by atoms with Crippen molar-refractivity contribution in [3.8, 4) is 0 Å². The van der Waals surface area contributed by atoms with Crippen molar-refractivity contribution >= 4 is 13.8 Å². The molecule has 1 fully saturated rings. The molecule has 1 aliphatic heterocycles. The van der Waals surface area contributed by atoms with Gasteiger partial charge in [-0.05, 0) is 32.1 Å². The van der Waals surface area contributed by atoms with Crippen molar-refractivity contribution in [1.82, 2.24) is 0 Å². The van der Waals surface area contributed by atoms with E-state index >= 15 is 0 Å². The maximum absolute atomic E-state index is 11.6. The van der Waals surface area contributed by atoms with Crippen LogP contribution in [0.15, 0.2) is 12.2 Å². The highest BCUT2D eigenvalue weighted by atomic mass is 31.2. The Morgan fingerprint density at radius 3 is 2.14 bits per heavy atom. The zero-order valence-electron chi connectivity index (χ0n) is 17.4. The molecule has 0 amide bonds. The molecule has 1 heterocycles. The van der Waals surface area contributed by atoms with Gasteiger partial charge >= 0.3 is 5.97 Å². The summed E-state index contributed by atoms with van der Waals surface area (Å²) in [4.78, 5) is 22.6. The number of carbonyl (C=O) groups is 1. The van der Waals surface area contributed by atoms with Crippen LogP contribution in [0.1, 0.15) is 96.8 Å². The van der Waals surface area contributed by atoms with E-state index in [2.05, 4.69) is 28.1 Å². The summed E-state index contributed by atoms with van der Waals surface area (Å²) in [6.45, 7) is 2.09. The molecule has 0 saturated carbocycles. The zero-order valence-corrected chi connectivity index (χ0v) is 18.3. The highest BCUT2D eigenvalue weighted by Crippen LogP contribution is 2.45. The number of allylic oxidation sites excluding steroid dienone is 2. The van der Waals surface area contributed by atoms with Gasteiger partial charge in [-0.25, -0.2) is 0 Å². The van der Waals surface area contributed by atoms with E-state index in [1.807, 2.05) is 0 Å². The maximum Gasteiger partial charge on any atom is 0.305 e. The standard InChI is InChI=1S/C21H39O6P/c1-2-3-4-5-6-7-8-9-10-11-12-13-14-15-16-17-21(22)25-18-20-19-26-28(23,24)27-20/h9-10,20H,2-8,11-19H2,1H3,(H,23,24)/p-1/b10-9-/t20-/m1/s1. The van der Waals surface area contributed by atoms with Gasteiger partial charge in [-0.3, -0.25) is 9.36 Å². The van der Waals surface area contributed by atoms with Crippen molar-refractivity contribution < 1.29 is 28.0 Å². The summed E-state index contributed by atoms with van der Waals surface area (Å²) in [6.07, 6.45) is 20.0. The molecule has 0 aliphatic carbocycles. The number of phosphoric acid groups is 1. The highest BCUT2D eigenvalue weighted by Gasteiger charge is 2.28. The quantitative estimate of drug-likeness (QED) is 0.135. The van der Waals surface area contributed by atoms with Crippen molar-refractivity contribution in [2.45, 2.75) is 103 Å². The largest absolute Gasteiger partial charge is 0.756 e. The molecule has 28 heavy (non-hydrogen) atoms. The van der Waals surface area contributed by atoms with Crippen molar-refractivity contribution in [3.63, 3.8) is 0 Å². The molecular weight excluding hydrogens is 379 g/mol. The first-order valence-corrected chi connectivity index (χ1v) is 12.4. The van der Waals surface area contributed by atoms with Gasteiger partial charge in [0, 0.05) is 6.42 Å². The summed E-state index contributed by atoms with van der Waals surface area (Å²) in [7, 11) is -4.16. The summed E-state index contributed by atoms with van der Waals surface area (Å²) < 4.78 is 25.1. The predicted molar refractivity (Wildman–Crippen MR) is 109 cm³/mol. The van der Waals surface area contributed by atoms with E-state index in [0.717, 1.165) is 25.7 Å². The van der Waals surface area contributed by atoms with E-state index in [4.69, 9.17) is 4.74 Å². The smallest absolute Gasteiger partial charge is 0.305 e. The molecule has 1 aliphatic rings. The molecule has 0 N–H and O–H groups in total. The molecule has 7 heteroatoms. The Balaban J connectivity index is 1.81. The van der Waals surface area contributed by atoms with Crippen molar-refractivity contribution in [2.75, 3.05) is 13.2 Å². The van der Waals surface area contributed by atoms with Gasteiger partial charge in [0.05, 0.1) is 6.61 Å². The summed E-state index contributed by atoms with van der Waals surface area (Å²) in [5, 5.41) is 0. The van der Waals surface area contributed by atoms with Crippen molar-refractivity contribution in [3.05, 3.63) is 12.2 Å². The summed E-state index contributed by atoms with van der Waals surface area (Å²) in [6, 6.07) is 0. The van der Waals surface area contributed by atoms with E-state index in [9.17, 15) is 14.3 Å². The van der Waals surface area contributed by atoms with Gasteiger partial charge in [-0.15, -0.1) is 0 Å². The second-order valence-electron chi connectivity index (χ2n) is 7.49. The van der Waals surface area contributed by atoms with Crippen LogP contribution >= 0.6 is 7.82 Å². The minimum atomic E-state index is -4.16. The normalized spacial score (nSPS) is 22.1. The third-order valence-electron chi connectivity index (χ3n) is 4.77. The summed E-state index contributed by atoms with van der Waals surface area (Å²) >= 11 is 0. The van der Waals surface area contributed by atoms with Crippen LogP contribution in [0.2, 0.25) is 0 Å². The van der Waals surface area contributed by atoms with Crippen LogP contribution in [-0.4, -0.2) is 25.3 Å². The van der Waals surface area contributed by atoms with Gasteiger partial charge < -0.3 is 18.7 Å². The maximum atomic E-state index is 11.6. The minimum Gasteiger partial charge on any atom is -0.756 e. The molecule has 1 rings (SSSR count). The second-order valence-corrected chi connectivity index (χ2v) is 8.85. The first-order chi connectivity index (χ1) is 13.5. The van der Waals surface area contributed by atoms with Crippen LogP contribution in [0.4, 0.5) is 0 Å². The van der Waals surface area contributed by atoms with Crippen LogP contribution < -0.4 is 4.89 Å². The van der Waals surface area contributed by atoms with Crippen LogP contribution in [-0.2, 0) is 23.1 Å². The Labute approximate surface area is 170 Å². The van der Waals surface area contributed by atoms with Gasteiger partial charge in [0.1, 0.15) is 12.7 Å². The highest BCUT2D eigenvalue weighted by molar-refractivity contribution is 7.46. The Hall–Kier alpha value is -0.680. The number of ether oxygens (including phenoxy) is 1. The first kappa shape index (κ1) is 25.4. The number of carbonyl (C=O) groups excluding carboxylic acids is 1. The van der Waals surface area contributed by atoms with Crippen molar-refractivity contribution in [1.29, 1.82) is 0 Å². The van der Waals surface area contributed by atoms with Gasteiger partial charge in [0.2, 0.25) is 0 Å². The van der Waals surface area contributed by atoms with Gasteiger partial charge in [0.15, 0.2) is 0 Å². The Kier molecular flexibility index (Phi) is 14.6. The molecule has 164 valence electrons. The lowest BCUT2D eigenvalue weighted by atomic mass is 10.1. The minimum absolute atomic E-state index is 0.0733. The topological polar surface area (TPSA) is 84.9 Å². The number of esters is 1. The van der Waals surface area contributed by atoms with Gasteiger partial charge in [-0.1, -0.05) is 70.4 Å². The molecule has 0 aromatic heterocycles. The third-order valence-corrected chi connectivity index (χ3v) is 5.79. The molecule has 0 bridgehead atoms. The fourth-order valence-electron chi connectivity index (χ4n) is 3.09. The monoisotopic (exact) mass is 417 g/mol. The summed E-state index contributed by atoms with van der Waals surface area (Å²) in [5.74, 6) is -0.311. The molecule has 2 atom stereocenters. The third kappa shape index (κ3) is 14.3. The van der Waals surface area contributed by atoms with E-state index in [-0.39, 0.29) is 19.2 Å². The lowest BCUT2D eigenvalue weighted by Crippen LogP contribution is -2.20. The van der Waals surface area contributed by atoms with E-state index < -0.39 is 13.9 Å². The molecule has 0 spiro atoms. The molecule has 1 unspecified atom stereocenters. The number of rotatable bonds is 17. The van der Waals surface area contributed by atoms with Crippen LogP contribution in [0, 0.1) is 0 Å². The lowest BCUT2D eigenvalue weighted by molar-refractivity contribution is -0.215. The Morgan fingerprint density at radius 2 is 1.57 bits per heavy atom. The molecule has 6 nitrogen and oxygen atoms in total. The SMILES string of the molecule is CCCCCCCC/C=C\CCCCCCCC(=O)OC[C@@H]1COP(=O)([O-])O1. The molecule has 0 aromatic carbocycles. The van der Waals surface area contributed by atoms with E-state index in [1.165, 1.54) is 57.8 Å². The second kappa shape index (κ2) is 16.2. The zero-order chi connectivity index (χ0) is 20.5. The lowest BCUT2D eigenvalue weighted by Gasteiger charge is -2.14. The average molecular weight is 418 g/mol. The van der Waals surface area contributed by atoms with Crippen LogP contribution in [0.5, 0.6) is 0 Å². The Morgan fingerprint density at radius 1 is 1.00 bits per heavy atom. The fourth-order valence-corrected chi connectivity index (χ4v) is 3.99. The van der Waals surface area contributed by atoms with Crippen LogP contribution in [0.25, 0.3) is 0 Å². The molecule has 0 aromatic rings. The van der Waals surface area contributed by atoms with Gasteiger partial charge in [-0.2, -0.15) is 0 Å². The predicted octanol–water partition coefficient (Wildman–Crippen LogP) is 5.45. The average Bonchev–Trinajstić information content (AvgIpc) is 3.02. The number of phosphoric ester groups is 1. The fraction of sp³-hybridized carbons (Fsp3) is 0.857. The van der Waals surface area contributed by atoms with Gasteiger partial charge in [0.25, 0.3) is 7.82 Å².